The fraction of sp³-hybridized carbons (Fsp3) is 0.267. The summed E-state index contributed by atoms with van der Waals surface area (Å²) in [5, 5.41) is 9.20. The van der Waals surface area contributed by atoms with Crippen LogP contribution in [0.1, 0.15) is 5.56 Å². The van der Waals surface area contributed by atoms with Gasteiger partial charge in [-0.15, -0.1) is 11.3 Å². The Kier molecular flexibility index (Phi) is 5.04. The van der Waals surface area contributed by atoms with E-state index < -0.39 is 10.0 Å². The van der Waals surface area contributed by atoms with E-state index in [2.05, 4.69) is 6.07 Å². The van der Waals surface area contributed by atoms with Crippen molar-refractivity contribution in [3.05, 3.63) is 44.6 Å². The van der Waals surface area contributed by atoms with Crippen LogP contribution in [-0.4, -0.2) is 38.9 Å². The van der Waals surface area contributed by atoms with Gasteiger partial charge in [0.15, 0.2) is 0 Å². The number of halogens is 2. The molecule has 24 heavy (non-hydrogen) atoms. The van der Waals surface area contributed by atoms with Gasteiger partial charge < -0.3 is 4.90 Å². The number of para-hydroxylation sites is 1. The number of nitrogens with zero attached hydrogens (tertiary/aromatic N) is 3. The maximum atomic E-state index is 12.7. The van der Waals surface area contributed by atoms with Crippen LogP contribution in [0.3, 0.4) is 0 Å². The first-order valence-electron chi connectivity index (χ1n) is 7.12. The third-order valence-corrected chi connectivity index (χ3v) is 7.50. The molecule has 0 unspecified atom stereocenters. The highest BCUT2D eigenvalue weighted by atomic mass is 35.5. The van der Waals surface area contributed by atoms with E-state index in [1.54, 1.807) is 6.07 Å². The maximum Gasteiger partial charge on any atom is 0.245 e. The lowest BCUT2D eigenvalue weighted by Gasteiger charge is -2.35. The second-order valence-corrected chi connectivity index (χ2v) is 9.40. The lowest BCUT2D eigenvalue weighted by Crippen LogP contribution is -2.48. The van der Waals surface area contributed by atoms with Gasteiger partial charge in [0.05, 0.1) is 15.6 Å². The fourth-order valence-electron chi connectivity index (χ4n) is 2.65. The standard InChI is InChI=1S/C15H13Cl2N3O2S2/c16-14-9-13(15(17)23-14)24(21,22)20-7-5-19(6-8-20)12-4-2-1-3-11(12)10-18/h1-4,9H,5-8H2. The molecule has 0 saturated carbocycles. The molecule has 1 aliphatic rings. The molecule has 1 aromatic carbocycles. The number of anilines is 1. The molecule has 2 aromatic rings. The van der Waals surface area contributed by atoms with Crippen LogP contribution in [0.25, 0.3) is 0 Å². The largest absolute Gasteiger partial charge is 0.368 e. The average molecular weight is 402 g/mol. The zero-order valence-electron chi connectivity index (χ0n) is 12.4. The minimum absolute atomic E-state index is 0.0602. The Balaban J connectivity index is 1.78. The maximum absolute atomic E-state index is 12.7. The highest BCUT2D eigenvalue weighted by Gasteiger charge is 2.31. The molecule has 0 atom stereocenters. The van der Waals surface area contributed by atoms with Crippen LogP contribution in [0.5, 0.6) is 0 Å². The molecule has 0 bridgehead atoms. The number of hydrogen-bond acceptors (Lipinski definition) is 5. The summed E-state index contributed by atoms with van der Waals surface area (Å²) in [7, 11) is -3.66. The van der Waals surface area contributed by atoms with Crippen molar-refractivity contribution in [1.82, 2.24) is 4.31 Å². The topological polar surface area (TPSA) is 64.4 Å². The quantitative estimate of drug-likeness (QED) is 0.789. The van der Waals surface area contributed by atoms with Crippen LogP contribution in [0.4, 0.5) is 5.69 Å². The Bertz CT molecular complexity index is 898. The normalized spacial score (nSPS) is 16.1. The number of nitriles is 1. The molecular formula is C15H13Cl2N3O2S2. The van der Waals surface area contributed by atoms with E-state index in [4.69, 9.17) is 23.2 Å². The predicted molar refractivity (Wildman–Crippen MR) is 96.5 cm³/mol. The Morgan fingerprint density at radius 1 is 1.12 bits per heavy atom. The van der Waals surface area contributed by atoms with Gasteiger partial charge in [0.1, 0.15) is 15.3 Å². The van der Waals surface area contributed by atoms with Crippen LogP contribution in [0.15, 0.2) is 35.2 Å². The molecule has 1 saturated heterocycles. The van der Waals surface area contributed by atoms with Crippen molar-refractivity contribution >= 4 is 50.2 Å². The van der Waals surface area contributed by atoms with Crippen molar-refractivity contribution in [2.45, 2.75) is 4.90 Å². The zero-order valence-corrected chi connectivity index (χ0v) is 15.6. The van der Waals surface area contributed by atoms with Gasteiger partial charge in [0.25, 0.3) is 0 Å². The Morgan fingerprint density at radius 3 is 2.38 bits per heavy atom. The van der Waals surface area contributed by atoms with Gasteiger partial charge in [-0.2, -0.15) is 9.57 Å². The second-order valence-electron chi connectivity index (χ2n) is 5.21. The molecule has 1 fully saturated rings. The number of benzene rings is 1. The summed E-state index contributed by atoms with van der Waals surface area (Å²) in [6.45, 7) is 1.67. The summed E-state index contributed by atoms with van der Waals surface area (Å²) in [5.74, 6) is 0. The van der Waals surface area contributed by atoms with Crippen LogP contribution >= 0.6 is 34.5 Å². The highest BCUT2D eigenvalue weighted by Crippen LogP contribution is 2.36. The lowest BCUT2D eigenvalue weighted by molar-refractivity contribution is 0.385. The van der Waals surface area contributed by atoms with Gasteiger partial charge >= 0.3 is 0 Å². The van der Waals surface area contributed by atoms with Gasteiger partial charge in [0, 0.05) is 26.2 Å². The third-order valence-electron chi connectivity index (χ3n) is 3.85. The number of piperazine rings is 1. The summed E-state index contributed by atoms with van der Waals surface area (Å²) in [6.07, 6.45) is 0. The Morgan fingerprint density at radius 2 is 1.79 bits per heavy atom. The number of sulfonamides is 1. The number of hydrogen-bond donors (Lipinski definition) is 0. The van der Waals surface area contributed by atoms with E-state index >= 15 is 0 Å². The van der Waals surface area contributed by atoms with Gasteiger partial charge in [0.2, 0.25) is 10.0 Å². The van der Waals surface area contributed by atoms with E-state index in [1.165, 1.54) is 10.4 Å². The fourth-order valence-corrected chi connectivity index (χ4v) is 6.19. The smallest absolute Gasteiger partial charge is 0.245 e. The first kappa shape index (κ1) is 17.5. The van der Waals surface area contributed by atoms with E-state index in [1.807, 2.05) is 23.1 Å². The summed E-state index contributed by atoms with van der Waals surface area (Å²) in [4.78, 5) is 2.08. The monoisotopic (exact) mass is 401 g/mol. The van der Waals surface area contributed by atoms with Gasteiger partial charge in [-0.05, 0) is 18.2 Å². The lowest BCUT2D eigenvalue weighted by atomic mass is 10.1. The molecule has 2 heterocycles. The molecule has 1 aliphatic heterocycles. The molecule has 9 heteroatoms. The van der Waals surface area contributed by atoms with E-state index in [0.717, 1.165) is 17.0 Å². The van der Waals surface area contributed by atoms with Crippen molar-refractivity contribution < 1.29 is 8.42 Å². The van der Waals surface area contributed by atoms with Gasteiger partial charge in [-0.3, -0.25) is 0 Å². The van der Waals surface area contributed by atoms with Gasteiger partial charge in [-0.1, -0.05) is 35.3 Å². The molecule has 0 amide bonds. The summed E-state index contributed by atoms with van der Waals surface area (Å²) < 4.78 is 27.3. The van der Waals surface area contributed by atoms with Gasteiger partial charge in [-0.25, -0.2) is 8.42 Å². The molecule has 126 valence electrons. The molecule has 1 aromatic heterocycles. The van der Waals surface area contributed by atoms with Crippen molar-refractivity contribution in [3.63, 3.8) is 0 Å². The molecule has 0 spiro atoms. The summed E-state index contributed by atoms with van der Waals surface area (Å²) in [6, 6.07) is 10.9. The van der Waals surface area contributed by atoms with Crippen molar-refractivity contribution in [1.29, 1.82) is 5.26 Å². The average Bonchev–Trinajstić information content (AvgIpc) is 2.94. The van der Waals surface area contributed by atoms with Crippen LogP contribution in [0, 0.1) is 11.3 Å². The highest BCUT2D eigenvalue weighted by molar-refractivity contribution is 7.89. The Labute approximate surface area is 154 Å². The van der Waals surface area contributed by atoms with E-state index in [9.17, 15) is 13.7 Å². The molecule has 0 radical (unpaired) electrons. The molecular weight excluding hydrogens is 389 g/mol. The minimum Gasteiger partial charge on any atom is -0.368 e. The van der Waals surface area contributed by atoms with Crippen LogP contribution in [0.2, 0.25) is 8.67 Å². The van der Waals surface area contributed by atoms with Crippen molar-refractivity contribution in [2.75, 3.05) is 31.1 Å². The van der Waals surface area contributed by atoms with E-state index in [0.29, 0.717) is 36.1 Å². The molecule has 0 N–H and O–H groups in total. The van der Waals surface area contributed by atoms with Crippen LogP contribution < -0.4 is 4.90 Å². The predicted octanol–water partition coefficient (Wildman–Crippen LogP) is 3.44. The second kappa shape index (κ2) is 6.90. The molecule has 0 aliphatic carbocycles. The SMILES string of the molecule is N#Cc1ccccc1N1CCN(S(=O)(=O)c2cc(Cl)sc2Cl)CC1. The molecule has 3 rings (SSSR count). The third kappa shape index (κ3) is 3.25. The van der Waals surface area contributed by atoms with Crippen LogP contribution in [-0.2, 0) is 10.0 Å². The first-order valence-corrected chi connectivity index (χ1v) is 10.1. The number of rotatable bonds is 3. The Hall–Kier alpha value is -1.30. The van der Waals surface area contributed by atoms with Crippen molar-refractivity contribution in [2.24, 2.45) is 0 Å². The van der Waals surface area contributed by atoms with E-state index in [-0.39, 0.29) is 9.23 Å². The number of thiophene rings is 1. The first-order chi connectivity index (χ1) is 11.4. The molecule has 5 nitrogen and oxygen atoms in total. The van der Waals surface area contributed by atoms with Crippen molar-refractivity contribution in [3.8, 4) is 6.07 Å². The summed E-state index contributed by atoms with van der Waals surface area (Å²) in [5.41, 5.74) is 1.41. The minimum atomic E-state index is -3.66. The summed E-state index contributed by atoms with van der Waals surface area (Å²) >= 11 is 12.9. The zero-order chi connectivity index (χ0) is 17.3.